The minimum absolute atomic E-state index is 0.00865. The fourth-order valence-electron chi connectivity index (χ4n) is 2.44. The van der Waals surface area contributed by atoms with Crippen molar-refractivity contribution in [1.29, 1.82) is 0 Å². The van der Waals surface area contributed by atoms with Crippen molar-refractivity contribution in [3.63, 3.8) is 0 Å². The number of hydrogen-bond acceptors (Lipinski definition) is 12. The molecule has 0 aliphatic carbocycles. The molecule has 0 spiro atoms. The van der Waals surface area contributed by atoms with Gasteiger partial charge in [-0.3, -0.25) is 14.2 Å². The summed E-state index contributed by atoms with van der Waals surface area (Å²) in [5.74, 6) is -3.39. The van der Waals surface area contributed by atoms with Crippen LogP contribution in [0.5, 0.6) is 0 Å². The van der Waals surface area contributed by atoms with Gasteiger partial charge in [-0.25, -0.2) is 14.4 Å². The van der Waals surface area contributed by atoms with Gasteiger partial charge < -0.3 is 28.4 Å². The summed E-state index contributed by atoms with van der Waals surface area (Å²) >= 11 is 0. The van der Waals surface area contributed by atoms with Crippen LogP contribution in [0.25, 0.3) is 0 Å². The zero-order chi connectivity index (χ0) is 27.4. The van der Waals surface area contributed by atoms with E-state index in [0.29, 0.717) is 0 Å². The molecule has 0 saturated carbocycles. The lowest BCUT2D eigenvalue weighted by atomic mass is 10.4. The van der Waals surface area contributed by atoms with E-state index >= 15 is 0 Å². The molecule has 12 heteroatoms. The molecular formula is C24H38O12. The van der Waals surface area contributed by atoms with Crippen molar-refractivity contribution in [3.8, 4) is 0 Å². The van der Waals surface area contributed by atoms with Crippen molar-refractivity contribution in [2.75, 3.05) is 39.6 Å². The number of rotatable bonds is 22. The monoisotopic (exact) mass is 518 g/mol. The normalized spacial score (nSPS) is 15.0. The molecule has 0 radical (unpaired) electrons. The van der Waals surface area contributed by atoms with E-state index in [1.165, 1.54) is 0 Å². The molecule has 0 aliphatic heterocycles. The Kier molecular flexibility index (Phi) is 18.1. The van der Waals surface area contributed by atoms with Crippen LogP contribution in [0.3, 0.4) is 0 Å². The van der Waals surface area contributed by atoms with E-state index in [9.17, 15) is 14.4 Å². The third-order valence-corrected chi connectivity index (χ3v) is 4.01. The number of carbonyl (C=O) groups excluding carboxylic acids is 3. The van der Waals surface area contributed by atoms with Crippen LogP contribution in [0.15, 0.2) is 38.0 Å². The van der Waals surface area contributed by atoms with Gasteiger partial charge in [0.1, 0.15) is 19.8 Å². The molecule has 0 aromatic heterocycles. The van der Waals surface area contributed by atoms with E-state index in [1.807, 2.05) is 0 Å². The maximum Gasteiger partial charge on any atom is 0.330 e. The van der Waals surface area contributed by atoms with E-state index in [-0.39, 0.29) is 46.1 Å². The largest absolute Gasteiger partial charge is 0.460 e. The molecule has 0 aromatic carbocycles. The zero-order valence-corrected chi connectivity index (χ0v) is 21.4. The Morgan fingerprint density at radius 3 is 1.11 bits per heavy atom. The Morgan fingerprint density at radius 2 is 0.889 bits per heavy atom. The third kappa shape index (κ3) is 16.1. The van der Waals surface area contributed by atoms with Crippen molar-refractivity contribution in [2.24, 2.45) is 0 Å². The predicted molar refractivity (Wildman–Crippen MR) is 126 cm³/mol. The molecule has 0 amide bonds. The first kappa shape index (κ1) is 33.4. The van der Waals surface area contributed by atoms with Crippen molar-refractivity contribution >= 4 is 17.9 Å². The molecule has 0 aliphatic rings. The highest BCUT2D eigenvalue weighted by molar-refractivity contribution is 5.81. The lowest BCUT2D eigenvalue weighted by molar-refractivity contribution is -0.468. The van der Waals surface area contributed by atoms with Gasteiger partial charge in [-0.1, -0.05) is 26.7 Å². The van der Waals surface area contributed by atoms with E-state index in [4.69, 9.17) is 42.6 Å². The SMILES string of the molecule is C=CC(=O)OCCOC(C)OC(CC)(OC(C)OCCOC(=O)C=C)OC(C)OCCOC(=O)C=C. The molecule has 0 bridgehead atoms. The smallest absolute Gasteiger partial charge is 0.330 e. The molecule has 0 rings (SSSR count). The molecule has 0 saturated heterocycles. The van der Waals surface area contributed by atoms with Crippen LogP contribution >= 0.6 is 0 Å². The molecule has 0 aromatic rings. The van der Waals surface area contributed by atoms with Crippen molar-refractivity contribution < 1.29 is 57.0 Å². The minimum atomic E-state index is -1.67. The van der Waals surface area contributed by atoms with E-state index in [2.05, 4.69) is 19.7 Å². The molecule has 3 atom stereocenters. The average molecular weight is 519 g/mol. The lowest BCUT2D eigenvalue weighted by Crippen LogP contribution is -2.47. The van der Waals surface area contributed by atoms with Gasteiger partial charge in [0, 0.05) is 24.6 Å². The highest BCUT2D eigenvalue weighted by atomic mass is 16.9. The highest BCUT2D eigenvalue weighted by Gasteiger charge is 2.38. The summed E-state index contributed by atoms with van der Waals surface area (Å²) in [6.45, 7) is 16.6. The lowest BCUT2D eigenvalue weighted by Gasteiger charge is -2.38. The molecule has 0 heterocycles. The standard InChI is InChI=1S/C24H38O12/c1-8-21(25)31-15-12-28-18(5)34-24(11-4,35-19(6)29-13-16-32-22(26)9-2)36-20(7)30-14-17-33-23(27)10-3/h8-10,18-20H,1-3,11-17H2,4-7H3. The average Bonchev–Trinajstić information content (AvgIpc) is 2.86. The van der Waals surface area contributed by atoms with Crippen LogP contribution in [-0.4, -0.2) is 82.4 Å². The first-order valence-corrected chi connectivity index (χ1v) is 11.4. The summed E-state index contributed by atoms with van der Waals surface area (Å²) in [6.07, 6.45) is 0.761. The van der Waals surface area contributed by atoms with Crippen molar-refractivity contribution in [2.45, 2.75) is 59.0 Å². The van der Waals surface area contributed by atoms with Crippen molar-refractivity contribution in [3.05, 3.63) is 38.0 Å². The number of ether oxygens (including phenoxy) is 9. The summed E-state index contributed by atoms with van der Waals surface area (Å²) in [6, 6.07) is 0. The van der Waals surface area contributed by atoms with Crippen LogP contribution in [0.1, 0.15) is 34.1 Å². The van der Waals surface area contributed by atoms with Crippen LogP contribution in [0.4, 0.5) is 0 Å². The summed E-state index contributed by atoms with van der Waals surface area (Å²) in [7, 11) is 0. The number of carbonyl (C=O) groups is 3. The second kappa shape index (κ2) is 19.6. The van der Waals surface area contributed by atoms with E-state index < -0.39 is 42.8 Å². The molecule has 206 valence electrons. The molecule has 3 unspecified atom stereocenters. The van der Waals surface area contributed by atoms with Gasteiger partial charge in [0.25, 0.3) is 5.97 Å². The van der Waals surface area contributed by atoms with Gasteiger partial charge in [-0.05, 0) is 20.8 Å². The number of hydrogen-bond donors (Lipinski definition) is 0. The van der Waals surface area contributed by atoms with Crippen LogP contribution in [0.2, 0.25) is 0 Å². The van der Waals surface area contributed by atoms with Gasteiger partial charge in [-0.2, -0.15) is 0 Å². The van der Waals surface area contributed by atoms with Gasteiger partial charge in [0.05, 0.1) is 19.8 Å². The summed E-state index contributed by atoms with van der Waals surface area (Å²) < 4.78 is 48.9. The van der Waals surface area contributed by atoms with Gasteiger partial charge in [-0.15, -0.1) is 0 Å². The maximum atomic E-state index is 11.1. The second-order valence-corrected chi connectivity index (χ2v) is 6.82. The molecule has 36 heavy (non-hydrogen) atoms. The van der Waals surface area contributed by atoms with E-state index in [1.54, 1.807) is 27.7 Å². The molecule has 0 N–H and O–H groups in total. The Hall–Kier alpha value is -2.61. The first-order chi connectivity index (χ1) is 17.1. The van der Waals surface area contributed by atoms with Gasteiger partial charge in [0.15, 0.2) is 18.9 Å². The van der Waals surface area contributed by atoms with E-state index in [0.717, 1.165) is 18.2 Å². The fraction of sp³-hybridized carbons (Fsp3) is 0.625. The Bertz CT molecular complexity index is 604. The topological polar surface area (TPSA) is 134 Å². The summed E-state index contributed by atoms with van der Waals surface area (Å²) in [4.78, 5) is 33.4. The summed E-state index contributed by atoms with van der Waals surface area (Å²) in [5.41, 5.74) is 0. The predicted octanol–water partition coefficient (Wildman–Crippen LogP) is 2.38. The maximum absolute atomic E-state index is 11.1. The Labute approximate surface area is 212 Å². The van der Waals surface area contributed by atoms with Crippen LogP contribution in [-0.2, 0) is 57.0 Å². The highest BCUT2D eigenvalue weighted by Crippen LogP contribution is 2.27. The fourth-order valence-corrected chi connectivity index (χ4v) is 2.44. The van der Waals surface area contributed by atoms with Gasteiger partial charge >= 0.3 is 17.9 Å². The molecule has 0 fully saturated rings. The van der Waals surface area contributed by atoms with Crippen LogP contribution in [0, 0.1) is 0 Å². The minimum Gasteiger partial charge on any atom is -0.460 e. The quantitative estimate of drug-likeness (QED) is 0.0684. The van der Waals surface area contributed by atoms with Gasteiger partial charge in [0.2, 0.25) is 0 Å². The summed E-state index contributed by atoms with van der Waals surface area (Å²) in [5, 5.41) is 0. The number of esters is 3. The second-order valence-electron chi connectivity index (χ2n) is 6.82. The zero-order valence-electron chi connectivity index (χ0n) is 21.4. The molecule has 12 nitrogen and oxygen atoms in total. The Balaban J connectivity index is 5.03. The Morgan fingerprint density at radius 1 is 0.611 bits per heavy atom. The van der Waals surface area contributed by atoms with Crippen molar-refractivity contribution in [1.82, 2.24) is 0 Å². The van der Waals surface area contributed by atoms with Crippen LogP contribution < -0.4 is 0 Å². The first-order valence-electron chi connectivity index (χ1n) is 11.4. The third-order valence-electron chi connectivity index (χ3n) is 4.01. The molecular weight excluding hydrogens is 480 g/mol.